The summed E-state index contributed by atoms with van der Waals surface area (Å²) >= 11 is 5.99. The Kier molecular flexibility index (Phi) is 8.75. The number of oxazole rings is 1. The van der Waals surface area contributed by atoms with E-state index in [2.05, 4.69) is 31.1 Å². The van der Waals surface area contributed by atoms with Crippen molar-refractivity contribution in [3.05, 3.63) is 111 Å². The normalized spacial score (nSPS) is 15.1. The van der Waals surface area contributed by atoms with Crippen molar-refractivity contribution in [3.63, 3.8) is 0 Å². The summed E-state index contributed by atoms with van der Waals surface area (Å²) in [5, 5.41) is 15.1. The number of aromatic hydroxyl groups is 1. The number of amides is 1. The topological polar surface area (TPSA) is 87.8 Å². The van der Waals surface area contributed by atoms with E-state index >= 15 is 4.39 Å². The van der Waals surface area contributed by atoms with Gasteiger partial charge in [0.05, 0.1) is 11.7 Å². The monoisotopic (exact) mass is 617 g/mol. The first kappa shape index (κ1) is 31.1. The summed E-state index contributed by atoms with van der Waals surface area (Å²) in [7, 11) is 0. The van der Waals surface area contributed by atoms with Crippen LogP contribution in [0, 0.1) is 25.1 Å². The minimum Gasteiger partial charge on any atom is -0.506 e. The summed E-state index contributed by atoms with van der Waals surface area (Å²) in [4.78, 5) is 20.3. The van der Waals surface area contributed by atoms with Crippen LogP contribution in [0.5, 0.6) is 11.5 Å². The number of rotatable bonds is 8. The van der Waals surface area contributed by atoms with Gasteiger partial charge in [0, 0.05) is 29.3 Å². The molecule has 4 aromatic rings. The molecule has 1 aliphatic rings. The number of aromatic nitrogens is 1. The quantitative estimate of drug-likeness (QED) is 0.192. The minimum absolute atomic E-state index is 0.0278. The van der Waals surface area contributed by atoms with Crippen molar-refractivity contribution < 1.29 is 23.4 Å². The van der Waals surface area contributed by atoms with Crippen LogP contribution >= 0.6 is 11.6 Å². The number of carbonyl (C=O) groups excluding carboxylic acids is 1. The predicted molar refractivity (Wildman–Crippen MR) is 171 cm³/mol. The first-order chi connectivity index (χ1) is 20.9. The van der Waals surface area contributed by atoms with Crippen LogP contribution in [0.15, 0.2) is 76.4 Å². The third kappa shape index (κ3) is 6.31. The molecule has 0 spiro atoms. The summed E-state index contributed by atoms with van der Waals surface area (Å²) in [5.41, 5.74) is 3.47. The summed E-state index contributed by atoms with van der Waals surface area (Å²) in [5.74, 6) is 0.00576. The van der Waals surface area contributed by atoms with Gasteiger partial charge in [-0.3, -0.25) is 9.69 Å². The molecular formula is C35H37ClFN3O4. The third-order valence-electron chi connectivity index (χ3n) is 8.22. The zero-order valence-electron chi connectivity index (χ0n) is 25.8. The molecule has 0 bridgehead atoms. The lowest BCUT2D eigenvalue weighted by molar-refractivity contribution is 0.0974. The Morgan fingerprint density at radius 3 is 2.50 bits per heavy atom. The van der Waals surface area contributed by atoms with Crippen molar-refractivity contribution >= 4 is 28.9 Å². The Hall–Kier alpha value is -4.30. The second-order valence-corrected chi connectivity index (χ2v) is 12.4. The van der Waals surface area contributed by atoms with Crippen LogP contribution in [0.1, 0.15) is 79.8 Å². The maximum absolute atomic E-state index is 16.3. The SMILES string of the molecule is CCC(C)(C)CC1=C(C)C(c2ccc(OCc3ccc(Cl)cc3)cc2F)N(C(=O)c2nc(C)oc2C)c2cccc(O)c2N1. The lowest BCUT2D eigenvalue weighted by Crippen LogP contribution is -2.36. The lowest BCUT2D eigenvalue weighted by atomic mass is 9.83. The number of halogens is 2. The standard InChI is InChI=1S/C35H37ClFN3O4/c1-7-35(5,6)18-28-20(2)33(26-16-15-25(17-27(26)37)43-19-23-11-13-24(36)14-12-23)40(29-9-8-10-30(41)32(29)39-28)34(42)31-21(3)44-22(4)38-31/h8-17,33,39,41H,7,18-19H2,1-6H3. The molecule has 0 radical (unpaired) electrons. The van der Waals surface area contributed by atoms with Gasteiger partial charge in [-0.2, -0.15) is 0 Å². The molecule has 1 amide bonds. The number of fused-ring (bicyclic) bond motifs is 1. The summed E-state index contributed by atoms with van der Waals surface area (Å²) < 4.78 is 27.8. The van der Waals surface area contributed by atoms with Gasteiger partial charge in [-0.15, -0.1) is 0 Å². The highest BCUT2D eigenvalue weighted by Gasteiger charge is 2.39. The Bertz CT molecular complexity index is 1730. The molecule has 44 heavy (non-hydrogen) atoms. The number of hydrogen-bond donors (Lipinski definition) is 2. The second-order valence-electron chi connectivity index (χ2n) is 12.0. The van der Waals surface area contributed by atoms with E-state index in [-0.39, 0.29) is 29.0 Å². The van der Waals surface area contributed by atoms with E-state index in [0.29, 0.717) is 40.2 Å². The van der Waals surface area contributed by atoms with Gasteiger partial charge in [-0.1, -0.05) is 57.0 Å². The highest BCUT2D eigenvalue weighted by atomic mass is 35.5. The summed E-state index contributed by atoms with van der Waals surface area (Å²) in [6.07, 6.45) is 1.49. The molecule has 0 aliphatic carbocycles. The highest BCUT2D eigenvalue weighted by Crippen LogP contribution is 2.48. The number of anilines is 2. The van der Waals surface area contributed by atoms with Crippen LogP contribution in [0.4, 0.5) is 15.8 Å². The average Bonchev–Trinajstić information content (AvgIpc) is 3.27. The molecule has 9 heteroatoms. The van der Waals surface area contributed by atoms with Crippen molar-refractivity contribution in [1.82, 2.24) is 4.98 Å². The molecule has 230 valence electrons. The zero-order valence-corrected chi connectivity index (χ0v) is 26.6. The van der Waals surface area contributed by atoms with Gasteiger partial charge in [-0.05, 0) is 73.2 Å². The fourth-order valence-electron chi connectivity index (χ4n) is 5.40. The van der Waals surface area contributed by atoms with Crippen molar-refractivity contribution in [2.75, 3.05) is 10.2 Å². The van der Waals surface area contributed by atoms with Gasteiger partial charge >= 0.3 is 0 Å². The number of nitrogens with one attached hydrogen (secondary N) is 1. The largest absolute Gasteiger partial charge is 0.506 e. The highest BCUT2D eigenvalue weighted by molar-refractivity contribution is 6.30. The molecule has 0 saturated carbocycles. The molecule has 2 heterocycles. The molecule has 5 rings (SSSR count). The molecule has 0 saturated heterocycles. The molecule has 7 nitrogen and oxygen atoms in total. The minimum atomic E-state index is -0.873. The Morgan fingerprint density at radius 1 is 1.14 bits per heavy atom. The Labute approximate surface area is 262 Å². The number of aryl methyl sites for hydroxylation is 2. The lowest BCUT2D eigenvalue weighted by Gasteiger charge is -2.33. The van der Waals surface area contributed by atoms with E-state index in [1.165, 1.54) is 11.0 Å². The number of ether oxygens (including phenoxy) is 1. The second kappa shape index (κ2) is 12.4. The molecule has 2 N–H and O–H groups in total. The van der Waals surface area contributed by atoms with Crippen molar-refractivity contribution in [1.29, 1.82) is 0 Å². The van der Waals surface area contributed by atoms with Gasteiger partial charge in [0.1, 0.15) is 35.4 Å². The average molecular weight is 618 g/mol. The van der Waals surface area contributed by atoms with Crippen LogP contribution < -0.4 is 15.0 Å². The molecule has 1 aromatic heterocycles. The number of hydrogen-bond acceptors (Lipinski definition) is 6. The number of allylic oxidation sites excluding steroid dienone is 1. The Balaban J connectivity index is 1.65. The Morgan fingerprint density at radius 2 is 1.86 bits per heavy atom. The van der Waals surface area contributed by atoms with E-state index in [1.54, 1.807) is 56.3 Å². The molecular weight excluding hydrogens is 581 g/mol. The molecule has 0 fully saturated rings. The first-order valence-corrected chi connectivity index (χ1v) is 15.0. The van der Waals surface area contributed by atoms with Crippen molar-refractivity contribution in [2.45, 2.75) is 67.0 Å². The maximum Gasteiger partial charge on any atom is 0.281 e. The number of nitrogens with zero attached hydrogens (tertiary/aromatic N) is 2. The summed E-state index contributed by atoms with van der Waals surface area (Å²) in [6.45, 7) is 11.9. The van der Waals surface area contributed by atoms with Crippen molar-refractivity contribution in [2.24, 2.45) is 5.41 Å². The molecule has 1 unspecified atom stereocenters. The molecule has 3 aromatic carbocycles. The fourth-order valence-corrected chi connectivity index (χ4v) is 5.52. The van der Waals surface area contributed by atoms with Gasteiger partial charge in [0.25, 0.3) is 5.91 Å². The predicted octanol–water partition coefficient (Wildman–Crippen LogP) is 9.28. The third-order valence-corrected chi connectivity index (χ3v) is 8.47. The zero-order chi connectivity index (χ0) is 31.8. The number of benzene rings is 3. The van der Waals surface area contributed by atoms with Gasteiger partial charge in [0.15, 0.2) is 11.6 Å². The number of carbonyl (C=O) groups is 1. The van der Waals surface area contributed by atoms with Crippen LogP contribution in [-0.2, 0) is 6.61 Å². The number of phenols is 1. The molecule has 1 atom stereocenters. The van der Waals surface area contributed by atoms with E-state index in [9.17, 15) is 9.90 Å². The molecule has 1 aliphatic heterocycles. The fraction of sp³-hybridized carbons (Fsp3) is 0.314. The van der Waals surface area contributed by atoms with E-state index in [1.807, 2.05) is 19.1 Å². The number of para-hydroxylation sites is 1. The smallest absolute Gasteiger partial charge is 0.281 e. The van der Waals surface area contributed by atoms with Crippen LogP contribution in [0.2, 0.25) is 5.02 Å². The van der Waals surface area contributed by atoms with Crippen LogP contribution in [0.3, 0.4) is 0 Å². The van der Waals surface area contributed by atoms with E-state index in [0.717, 1.165) is 23.3 Å². The number of phenolic OH excluding ortho intramolecular Hbond substituents is 1. The van der Waals surface area contributed by atoms with Gasteiger partial charge in [0.2, 0.25) is 0 Å². The van der Waals surface area contributed by atoms with E-state index in [4.69, 9.17) is 20.8 Å². The van der Waals surface area contributed by atoms with Gasteiger partial charge < -0.3 is 19.6 Å². The van der Waals surface area contributed by atoms with Gasteiger partial charge in [-0.25, -0.2) is 9.37 Å². The maximum atomic E-state index is 16.3. The summed E-state index contributed by atoms with van der Waals surface area (Å²) in [6, 6.07) is 16.0. The van der Waals surface area contributed by atoms with Crippen LogP contribution in [0.25, 0.3) is 0 Å². The van der Waals surface area contributed by atoms with E-state index < -0.39 is 17.8 Å². The first-order valence-electron chi connectivity index (χ1n) is 14.6. The van der Waals surface area contributed by atoms with Crippen molar-refractivity contribution in [3.8, 4) is 11.5 Å². The van der Waals surface area contributed by atoms with Crippen LogP contribution in [-0.4, -0.2) is 16.0 Å².